The van der Waals surface area contributed by atoms with E-state index in [0.29, 0.717) is 16.7 Å². The number of likely N-dealkylation sites (N-methyl/N-ethyl adjacent to an activating group) is 1. The molecule has 1 aliphatic carbocycles. The molecule has 5 heterocycles. The Kier molecular flexibility index (Phi) is 19.2. The van der Waals surface area contributed by atoms with Gasteiger partial charge in [0.05, 0.1) is 68.9 Å². The number of aryl methyl sites for hydroxylation is 3. The van der Waals surface area contributed by atoms with Crippen LogP contribution in [0.25, 0.3) is 15.9 Å². The monoisotopic (exact) mass is 1100 g/mol. The average molecular weight is 1100 g/mol. The Hall–Kier alpha value is -6.17. The van der Waals surface area contributed by atoms with Crippen LogP contribution in [0.15, 0.2) is 41.4 Å². The van der Waals surface area contributed by atoms with E-state index in [1.165, 1.54) is 16.5 Å². The van der Waals surface area contributed by atoms with Crippen LogP contribution in [-0.2, 0) is 35.6 Å². The molecule has 0 bridgehead atoms. The summed E-state index contributed by atoms with van der Waals surface area (Å²) in [4.78, 5) is 77.9. The molecule has 5 amide bonds. The van der Waals surface area contributed by atoms with E-state index in [0.717, 1.165) is 76.5 Å². The lowest BCUT2D eigenvalue weighted by atomic mass is 9.83. The minimum atomic E-state index is -1.17. The van der Waals surface area contributed by atoms with Crippen molar-refractivity contribution in [2.45, 2.75) is 84.3 Å². The Balaban J connectivity index is 0.763. The summed E-state index contributed by atoms with van der Waals surface area (Å²) >= 11 is 7.88. The minimum absolute atomic E-state index is 0.00545. The van der Waals surface area contributed by atoms with Gasteiger partial charge in [-0.1, -0.05) is 43.0 Å². The fourth-order valence-corrected chi connectivity index (χ4v) is 11.5. The van der Waals surface area contributed by atoms with E-state index < -0.39 is 41.6 Å². The van der Waals surface area contributed by atoms with Gasteiger partial charge in [0.1, 0.15) is 28.6 Å². The van der Waals surface area contributed by atoms with Crippen molar-refractivity contribution in [2.24, 2.45) is 18.0 Å². The highest BCUT2D eigenvalue weighted by atomic mass is 35.5. The number of hydrogen-bond donors (Lipinski definition) is 4. The molecule has 1 saturated carbocycles. The highest BCUT2D eigenvalue weighted by molar-refractivity contribution is 7.15. The molecule has 414 valence electrons. The van der Waals surface area contributed by atoms with Crippen molar-refractivity contribution in [3.05, 3.63) is 97.5 Å². The van der Waals surface area contributed by atoms with E-state index in [2.05, 4.69) is 45.3 Å². The van der Waals surface area contributed by atoms with Crippen molar-refractivity contribution < 1.29 is 47.0 Å². The Morgan fingerprint density at radius 1 is 0.831 bits per heavy atom. The molecule has 8 rings (SSSR count). The van der Waals surface area contributed by atoms with E-state index >= 15 is 0 Å². The summed E-state index contributed by atoms with van der Waals surface area (Å²) in [6.45, 7) is 10.1. The lowest BCUT2D eigenvalue weighted by molar-refractivity contribution is -0.140. The number of aromatic nitrogens is 4. The van der Waals surface area contributed by atoms with Crippen molar-refractivity contribution >= 4 is 69.1 Å². The SMILES string of the molecule is CN[C@@H](C)C(=O)NC(C(=O)N1CCN(C(=O)c2c(C(=O)NCCOCCOCCOCCNC(=O)C[C@@H]3N=C(c4ccc(Cl)cc4)c4c(sc(C)c4C)-n4c(C)nnc43)c3cc(F)c(F)cc3n2C)CC1)C1CCCCC1. The van der Waals surface area contributed by atoms with E-state index in [4.69, 9.17) is 30.8 Å². The molecule has 23 heteroatoms. The Labute approximate surface area is 455 Å². The Bertz CT molecular complexity index is 2980. The molecular formula is C54H68ClF2N11O8S. The van der Waals surface area contributed by atoms with Crippen molar-refractivity contribution in [3.8, 4) is 5.00 Å². The Morgan fingerprint density at radius 3 is 2.12 bits per heavy atom. The van der Waals surface area contributed by atoms with E-state index in [9.17, 15) is 32.8 Å². The van der Waals surface area contributed by atoms with Crippen molar-refractivity contribution in [1.82, 2.24) is 50.4 Å². The number of nitrogens with one attached hydrogen (secondary N) is 4. The molecule has 0 radical (unpaired) electrons. The van der Waals surface area contributed by atoms with Crippen LogP contribution >= 0.6 is 22.9 Å². The summed E-state index contributed by atoms with van der Waals surface area (Å²) < 4.78 is 49.7. The Morgan fingerprint density at radius 2 is 1.45 bits per heavy atom. The summed E-state index contributed by atoms with van der Waals surface area (Å²) in [5, 5.41) is 22.1. The van der Waals surface area contributed by atoms with Gasteiger partial charge >= 0.3 is 0 Å². The second kappa shape index (κ2) is 26.0. The lowest BCUT2D eigenvalue weighted by Crippen LogP contribution is -2.59. The largest absolute Gasteiger partial charge is 0.377 e. The third-order valence-corrected chi connectivity index (χ3v) is 16.1. The van der Waals surface area contributed by atoms with Gasteiger partial charge in [-0.3, -0.25) is 33.5 Å². The van der Waals surface area contributed by atoms with Gasteiger partial charge < -0.3 is 49.8 Å². The predicted octanol–water partition coefficient (Wildman–Crippen LogP) is 5.51. The number of hydrogen-bond acceptors (Lipinski definition) is 13. The molecule has 3 atom stereocenters. The molecular weight excluding hydrogens is 1040 g/mol. The first-order valence-electron chi connectivity index (χ1n) is 26.2. The second-order valence-corrected chi connectivity index (χ2v) is 21.3. The summed E-state index contributed by atoms with van der Waals surface area (Å²) in [5.74, 6) is -2.86. The number of ether oxygens (including phenoxy) is 3. The van der Waals surface area contributed by atoms with Gasteiger partial charge in [-0.2, -0.15) is 0 Å². The molecule has 3 aromatic heterocycles. The van der Waals surface area contributed by atoms with E-state index in [-0.39, 0.29) is 131 Å². The minimum Gasteiger partial charge on any atom is -0.377 e. The van der Waals surface area contributed by atoms with Gasteiger partial charge in [0.25, 0.3) is 11.8 Å². The molecule has 2 aliphatic heterocycles. The summed E-state index contributed by atoms with van der Waals surface area (Å²) in [5.41, 5.74) is 3.74. The maximum absolute atomic E-state index is 14.7. The standard InChI is InChI=1S/C54H68ClF2N11O8S/c1-31-33(3)77-54-44(31)46(36-12-14-37(55)15-13-36)61-41(49-64-63-34(4)68(49)54)30-43(69)59-16-22-74-24-26-76-27-25-75-23-17-60-51(71)45-38-28-39(56)40(57)29-42(38)65(6)48(45)53(73)67-20-18-66(19-21-67)52(72)47(35-10-8-7-9-11-35)62-50(70)32(2)58-5/h12-15,28-29,32,35,41,47,58H,7-11,16-27,30H2,1-6H3,(H,59,69)(H,60,71)(H,62,70)/t32-,41-,47?/m0/s1. The van der Waals surface area contributed by atoms with Crippen molar-refractivity contribution in [3.63, 3.8) is 0 Å². The quantitative estimate of drug-likeness (QED) is 0.0634. The molecule has 1 unspecified atom stereocenters. The number of rotatable bonds is 22. The predicted molar refractivity (Wildman–Crippen MR) is 288 cm³/mol. The van der Waals surface area contributed by atoms with Gasteiger partial charge in [-0.05, 0) is 77.3 Å². The normalized spacial score (nSPS) is 16.6. The molecule has 3 aliphatic rings. The number of carbonyl (C=O) groups excluding carboxylic acids is 5. The van der Waals surface area contributed by atoms with E-state index in [1.807, 2.05) is 35.8 Å². The van der Waals surface area contributed by atoms with Gasteiger partial charge in [0.2, 0.25) is 17.7 Å². The maximum Gasteiger partial charge on any atom is 0.271 e. The highest BCUT2D eigenvalue weighted by Gasteiger charge is 2.38. The molecule has 19 nitrogen and oxygen atoms in total. The smallest absolute Gasteiger partial charge is 0.271 e. The number of halogens is 3. The topological polar surface area (TPSA) is 216 Å². The molecule has 1 saturated heterocycles. The van der Waals surface area contributed by atoms with Gasteiger partial charge in [0, 0.05) is 78.8 Å². The average Bonchev–Trinajstić information content (AvgIpc) is 4.02. The van der Waals surface area contributed by atoms with Crippen LogP contribution < -0.4 is 21.3 Å². The van der Waals surface area contributed by atoms with E-state index in [1.54, 1.807) is 30.2 Å². The number of amides is 5. The maximum atomic E-state index is 14.7. The van der Waals surface area contributed by atoms with Crippen LogP contribution in [0.1, 0.15) is 106 Å². The molecule has 77 heavy (non-hydrogen) atoms. The van der Waals surface area contributed by atoms with Crippen LogP contribution in [0.4, 0.5) is 8.78 Å². The number of fused-ring (bicyclic) bond motifs is 4. The number of aliphatic imine (C=N–C) groups is 1. The first-order chi connectivity index (χ1) is 37.1. The summed E-state index contributed by atoms with van der Waals surface area (Å²) in [6, 6.07) is 7.62. The van der Waals surface area contributed by atoms with Crippen molar-refractivity contribution in [2.75, 3.05) is 86.0 Å². The molecule has 2 aromatic carbocycles. The molecule has 4 N–H and O–H groups in total. The third kappa shape index (κ3) is 13.1. The van der Waals surface area contributed by atoms with Crippen LogP contribution in [0.2, 0.25) is 5.02 Å². The fourth-order valence-electron chi connectivity index (χ4n) is 10.2. The van der Waals surface area contributed by atoms with Crippen LogP contribution in [0.5, 0.6) is 0 Å². The fraction of sp³-hybridized carbons (Fsp3) is 0.519. The number of benzene rings is 2. The zero-order chi connectivity index (χ0) is 54.9. The number of nitrogens with zero attached hydrogens (tertiary/aromatic N) is 7. The van der Waals surface area contributed by atoms with Crippen LogP contribution in [-0.4, -0.2) is 162 Å². The van der Waals surface area contributed by atoms with Crippen LogP contribution in [0, 0.1) is 38.3 Å². The first kappa shape index (κ1) is 57.0. The zero-order valence-corrected chi connectivity index (χ0v) is 46.0. The highest BCUT2D eigenvalue weighted by Crippen LogP contribution is 2.40. The number of carbonyl (C=O) groups is 5. The summed E-state index contributed by atoms with van der Waals surface area (Å²) in [7, 11) is 3.20. The third-order valence-electron chi connectivity index (χ3n) is 14.6. The second-order valence-electron chi connectivity index (χ2n) is 19.6. The summed E-state index contributed by atoms with van der Waals surface area (Å²) in [6.07, 6.45) is 4.76. The molecule has 0 spiro atoms. The van der Waals surface area contributed by atoms with Gasteiger partial charge in [-0.25, -0.2) is 8.78 Å². The lowest BCUT2D eigenvalue weighted by Gasteiger charge is -2.39. The van der Waals surface area contributed by atoms with Crippen LogP contribution in [0.3, 0.4) is 0 Å². The first-order valence-corrected chi connectivity index (χ1v) is 27.4. The zero-order valence-electron chi connectivity index (χ0n) is 44.4. The number of thiophene rings is 1. The van der Waals surface area contributed by atoms with Crippen molar-refractivity contribution in [1.29, 1.82) is 0 Å². The van der Waals surface area contributed by atoms with Gasteiger partial charge in [0.15, 0.2) is 17.5 Å². The van der Waals surface area contributed by atoms with Gasteiger partial charge in [-0.15, -0.1) is 21.5 Å². The molecule has 2 fully saturated rings. The molecule has 5 aromatic rings. The number of piperazine rings is 1.